The zero-order chi connectivity index (χ0) is 10.2. The molecule has 1 aromatic heterocycles. The van der Waals surface area contributed by atoms with Gasteiger partial charge in [0.15, 0.2) is 0 Å². The predicted octanol–water partition coefficient (Wildman–Crippen LogP) is 3.64. The van der Waals surface area contributed by atoms with Gasteiger partial charge in [0.2, 0.25) is 0 Å². The molecule has 1 atom stereocenters. The van der Waals surface area contributed by atoms with Crippen molar-refractivity contribution in [3.05, 3.63) is 21.9 Å². The van der Waals surface area contributed by atoms with Crippen molar-refractivity contribution >= 4 is 11.3 Å². The van der Waals surface area contributed by atoms with Crippen molar-refractivity contribution in [1.29, 1.82) is 0 Å². The molecule has 0 aromatic carbocycles. The Hall–Kier alpha value is -0.340. The third-order valence-electron chi connectivity index (χ3n) is 3.73. The van der Waals surface area contributed by atoms with Crippen molar-refractivity contribution < 1.29 is 0 Å². The molecule has 1 saturated carbocycles. The second-order valence-electron chi connectivity index (χ2n) is 4.77. The summed E-state index contributed by atoms with van der Waals surface area (Å²) in [6.07, 6.45) is 5.30. The second-order valence-corrected chi connectivity index (χ2v) is 5.89. The van der Waals surface area contributed by atoms with Crippen LogP contribution in [0.1, 0.15) is 49.1 Å². The van der Waals surface area contributed by atoms with Gasteiger partial charge in [0.05, 0.1) is 0 Å². The molecule has 2 N–H and O–H groups in total. The van der Waals surface area contributed by atoms with Gasteiger partial charge < -0.3 is 5.73 Å². The highest BCUT2D eigenvalue weighted by Gasteiger charge is 2.36. The van der Waals surface area contributed by atoms with Crippen LogP contribution in [0.15, 0.2) is 11.4 Å². The van der Waals surface area contributed by atoms with Crippen LogP contribution in [-0.4, -0.2) is 0 Å². The lowest BCUT2D eigenvalue weighted by molar-refractivity contribution is 0.265. The van der Waals surface area contributed by atoms with Gasteiger partial charge in [0, 0.05) is 10.9 Å². The van der Waals surface area contributed by atoms with Crippen molar-refractivity contribution in [2.45, 2.75) is 45.6 Å². The molecular weight excluding hydrogens is 190 g/mol. The van der Waals surface area contributed by atoms with Crippen molar-refractivity contribution in [1.82, 2.24) is 0 Å². The van der Waals surface area contributed by atoms with E-state index in [1.165, 1.54) is 36.1 Å². The summed E-state index contributed by atoms with van der Waals surface area (Å²) in [4.78, 5) is 1.39. The van der Waals surface area contributed by atoms with Crippen molar-refractivity contribution in [2.24, 2.45) is 11.1 Å². The molecule has 2 heteroatoms. The summed E-state index contributed by atoms with van der Waals surface area (Å²) in [5.41, 5.74) is 8.11. The van der Waals surface area contributed by atoms with E-state index in [4.69, 9.17) is 5.73 Å². The zero-order valence-corrected chi connectivity index (χ0v) is 9.86. The third kappa shape index (κ3) is 1.61. The van der Waals surface area contributed by atoms with E-state index >= 15 is 0 Å². The van der Waals surface area contributed by atoms with Crippen LogP contribution in [0.25, 0.3) is 0 Å². The van der Waals surface area contributed by atoms with Crippen LogP contribution in [0.4, 0.5) is 0 Å². The van der Waals surface area contributed by atoms with Crippen molar-refractivity contribution in [3.8, 4) is 0 Å². The number of hydrogen-bond acceptors (Lipinski definition) is 2. The standard InChI is InChI=1S/C12H19NS/c1-9-10(5-8-14-9)11(13)12(2)6-3-4-7-12/h5,8,11H,3-4,6-7,13H2,1-2H3. The van der Waals surface area contributed by atoms with E-state index in [0.717, 1.165) is 0 Å². The minimum Gasteiger partial charge on any atom is -0.323 e. The molecule has 1 fully saturated rings. The van der Waals surface area contributed by atoms with E-state index in [9.17, 15) is 0 Å². The average Bonchev–Trinajstić information content (AvgIpc) is 2.74. The Morgan fingerprint density at radius 2 is 2.07 bits per heavy atom. The molecule has 0 bridgehead atoms. The van der Waals surface area contributed by atoms with Gasteiger partial charge in [-0.2, -0.15) is 0 Å². The first kappa shape index (κ1) is 10.2. The number of nitrogens with two attached hydrogens (primary N) is 1. The average molecular weight is 209 g/mol. The normalized spacial score (nSPS) is 22.5. The van der Waals surface area contributed by atoms with Crippen LogP contribution in [0.2, 0.25) is 0 Å². The van der Waals surface area contributed by atoms with Gasteiger partial charge in [-0.15, -0.1) is 11.3 Å². The predicted molar refractivity (Wildman–Crippen MR) is 62.6 cm³/mol. The number of aryl methyl sites for hydroxylation is 1. The summed E-state index contributed by atoms with van der Waals surface area (Å²) in [7, 11) is 0. The number of hydrogen-bond donors (Lipinski definition) is 1. The summed E-state index contributed by atoms with van der Waals surface area (Å²) in [6, 6.07) is 2.45. The molecule has 1 heterocycles. The minimum atomic E-state index is 0.247. The van der Waals surface area contributed by atoms with E-state index in [1.807, 2.05) is 11.3 Å². The fraction of sp³-hybridized carbons (Fsp3) is 0.667. The molecule has 1 aliphatic carbocycles. The van der Waals surface area contributed by atoms with Crippen LogP contribution < -0.4 is 5.73 Å². The molecular formula is C12H19NS. The molecule has 14 heavy (non-hydrogen) atoms. The monoisotopic (exact) mass is 209 g/mol. The van der Waals surface area contributed by atoms with Gasteiger partial charge in [-0.3, -0.25) is 0 Å². The fourth-order valence-electron chi connectivity index (χ4n) is 2.59. The molecule has 78 valence electrons. The van der Waals surface area contributed by atoms with Crippen LogP contribution in [0.5, 0.6) is 0 Å². The first-order chi connectivity index (χ1) is 6.63. The zero-order valence-electron chi connectivity index (χ0n) is 9.05. The Kier molecular flexibility index (Phi) is 2.67. The summed E-state index contributed by atoms with van der Waals surface area (Å²) >= 11 is 1.81. The highest BCUT2D eigenvalue weighted by Crippen LogP contribution is 2.46. The smallest absolute Gasteiger partial charge is 0.0360 e. The Bertz CT molecular complexity index is 310. The van der Waals surface area contributed by atoms with Crippen LogP contribution >= 0.6 is 11.3 Å². The SMILES string of the molecule is Cc1sccc1C(N)C1(C)CCCC1. The largest absolute Gasteiger partial charge is 0.323 e. The summed E-state index contributed by atoms with van der Waals surface area (Å²) in [6.45, 7) is 4.53. The highest BCUT2D eigenvalue weighted by molar-refractivity contribution is 7.10. The van der Waals surface area contributed by atoms with E-state index in [2.05, 4.69) is 25.3 Å². The molecule has 2 rings (SSSR count). The Labute approximate surface area is 90.3 Å². The Balaban J connectivity index is 2.23. The van der Waals surface area contributed by atoms with Crippen LogP contribution in [-0.2, 0) is 0 Å². The van der Waals surface area contributed by atoms with Gasteiger partial charge in [-0.25, -0.2) is 0 Å². The summed E-state index contributed by atoms with van der Waals surface area (Å²) in [5.74, 6) is 0. The maximum atomic E-state index is 6.39. The van der Waals surface area contributed by atoms with E-state index < -0.39 is 0 Å². The molecule has 0 saturated heterocycles. The molecule has 0 amide bonds. The van der Waals surface area contributed by atoms with Crippen molar-refractivity contribution in [3.63, 3.8) is 0 Å². The van der Waals surface area contributed by atoms with Crippen LogP contribution in [0.3, 0.4) is 0 Å². The van der Waals surface area contributed by atoms with Gasteiger partial charge in [0.1, 0.15) is 0 Å². The molecule has 1 nitrogen and oxygen atoms in total. The maximum absolute atomic E-state index is 6.39. The highest BCUT2D eigenvalue weighted by atomic mass is 32.1. The maximum Gasteiger partial charge on any atom is 0.0360 e. The van der Waals surface area contributed by atoms with Gasteiger partial charge in [-0.1, -0.05) is 19.8 Å². The lowest BCUT2D eigenvalue weighted by Gasteiger charge is -2.31. The molecule has 0 radical (unpaired) electrons. The summed E-state index contributed by atoms with van der Waals surface area (Å²) in [5, 5.41) is 2.16. The third-order valence-corrected chi connectivity index (χ3v) is 4.59. The fourth-order valence-corrected chi connectivity index (χ4v) is 3.34. The van der Waals surface area contributed by atoms with Gasteiger partial charge in [-0.05, 0) is 42.2 Å². The molecule has 0 aliphatic heterocycles. The molecule has 1 aliphatic rings. The van der Waals surface area contributed by atoms with E-state index in [0.29, 0.717) is 5.41 Å². The topological polar surface area (TPSA) is 26.0 Å². The van der Waals surface area contributed by atoms with E-state index in [-0.39, 0.29) is 6.04 Å². The number of rotatable bonds is 2. The summed E-state index contributed by atoms with van der Waals surface area (Å²) < 4.78 is 0. The van der Waals surface area contributed by atoms with E-state index in [1.54, 1.807) is 0 Å². The molecule has 0 spiro atoms. The Morgan fingerprint density at radius 3 is 2.57 bits per heavy atom. The molecule has 1 aromatic rings. The van der Waals surface area contributed by atoms with Crippen molar-refractivity contribution in [2.75, 3.05) is 0 Å². The first-order valence-corrected chi connectivity index (χ1v) is 6.31. The minimum absolute atomic E-state index is 0.247. The second kappa shape index (κ2) is 3.67. The quantitative estimate of drug-likeness (QED) is 0.790. The van der Waals surface area contributed by atoms with Gasteiger partial charge >= 0.3 is 0 Å². The lowest BCUT2D eigenvalue weighted by atomic mass is 9.78. The van der Waals surface area contributed by atoms with Gasteiger partial charge in [0.25, 0.3) is 0 Å². The number of thiophene rings is 1. The molecule has 1 unspecified atom stereocenters. The first-order valence-electron chi connectivity index (χ1n) is 5.43. The Morgan fingerprint density at radius 1 is 1.43 bits per heavy atom. The van der Waals surface area contributed by atoms with Crippen LogP contribution in [0, 0.1) is 12.3 Å². The lowest BCUT2D eigenvalue weighted by Crippen LogP contribution is -2.29.